The lowest BCUT2D eigenvalue weighted by molar-refractivity contribution is -0.167. The molecule has 0 aliphatic rings. The van der Waals surface area contributed by atoms with Crippen LogP contribution in [0, 0.1) is 0 Å². The van der Waals surface area contributed by atoms with Gasteiger partial charge in [-0.2, -0.15) is 0 Å². The van der Waals surface area contributed by atoms with Gasteiger partial charge in [0.1, 0.15) is 13.2 Å². The van der Waals surface area contributed by atoms with Crippen molar-refractivity contribution in [2.75, 3.05) is 13.2 Å². The van der Waals surface area contributed by atoms with E-state index in [-0.39, 0.29) is 31.1 Å². The fourth-order valence-electron chi connectivity index (χ4n) is 10.9. The summed E-state index contributed by atoms with van der Waals surface area (Å²) in [6, 6.07) is 0. The third kappa shape index (κ3) is 69.8. The first-order chi connectivity index (χ1) is 41.0. The summed E-state index contributed by atoms with van der Waals surface area (Å²) >= 11 is 0. The van der Waals surface area contributed by atoms with Crippen molar-refractivity contribution in [2.45, 2.75) is 399 Å². The van der Waals surface area contributed by atoms with Gasteiger partial charge in [0.25, 0.3) is 0 Å². The largest absolute Gasteiger partial charge is 0.462 e. The maximum absolute atomic E-state index is 13.0. The highest BCUT2D eigenvalue weighted by Gasteiger charge is 2.19. The highest BCUT2D eigenvalue weighted by molar-refractivity contribution is 5.71. The molecule has 0 bridgehead atoms. The number of hydrogen-bond acceptors (Lipinski definition) is 6. The molecule has 0 aromatic carbocycles. The number of unbranched alkanes of at least 4 members (excludes halogenated alkanes) is 47. The first-order valence-electron chi connectivity index (χ1n) is 36.8. The van der Waals surface area contributed by atoms with Crippen molar-refractivity contribution in [3.63, 3.8) is 0 Å². The average Bonchev–Trinajstić information content (AvgIpc) is 3.49. The zero-order valence-electron chi connectivity index (χ0n) is 55.7. The van der Waals surface area contributed by atoms with E-state index in [0.717, 1.165) is 70.6 Å². The van der Waals surface area contributed by atoms with Crippen LogP contribution >= 0.6 is 0 Å². The van der Waals surface area contributed by atoms with Gasteiger partial charge in [0, 0.05) is 19.3 Å². The van der Waals surface area contributed by atoms with Crippen LogP contribution in [0.1, 0.15) is 393 Å². The van der Waals surface area contributed by atoms with Crippen molar-refractivity contribution in [1.29, 1.82) is 0 Å². The lowest BCUT2D eigenvalue weighted by atomic mass is 10.0. The number of rotatable bonds is 68. The predicted octanol–water partition coefficient (Wildman–Crippen LogP) is 25.5. The fourth-order valence-corrected chi connectivity index (χ4v) is 10.9. The highest BCUT2D eigenvalue weighted by atomic mass is 16.6. The van der Waals surface area contributed by atoms with Gasteiger partial charge in [-0.05, 0) is 109 Å². The zero-order valence-corrected chi connectivity index (χ0v) is 55.7. The quantitative estimate of drug-likeness (QED) is 0.0261. The van der Waals surface area contributed by atoms with Crippen molar-refractivity contribution in [2.24, 2.45) is 0 Å². The third-order valence-electron chi connectivity index (χ3n) is 16.5. The van der Waals surface area contributed by atoms with Gasteiger partial charge in [-0.15, -0.1) is 0 Å². The van der Waals surface area contributed by atoms with E-state index in [2.05, 4.69) is 81.5 Å². The van der Waals surface area contributed by atoms with Crippen LogP contribution < -0.4 is 0 Å². The molecule has 6 nitrogen and oxygen atoms in total. The molecular formula is C77H140O6. The van der Waals surface area contributed by atoms with Crippen LogP contribution in [0.5, 0.6) is 0 Å². The van der Waals surface area contributed by atoms with E-state index in [1.165, 1.54) is 283 Å². The van der Waals surface area contributed by atoms with Gasteiger partial charge in [-0.1, -0.05) is 326 Å². The average molecular weight is 1160 g/mol. The maximum atomic E-state index is 13.0. The number of hydrogen-bond donors (Lipinski definition) is 0. The number of allylic oxidation sites excluding steroid dienone is 10. The van der Waals surface area contributed by atoms with E-state index in [1.54, 1.807) is 0 Å². The molecule has 0 aromatic heterocycles. The summed E-state index contributed by atoms with van der Waals surface area (Å²) in [7, 11) is 0. The van der Waals surface area contributed by atoms with Crippen molar-refractivity contribution < 1.29 is 28.6 Å². The topological polar surface area (TPSA) is 78.9 Å². The van der Waals surface area contributed by atoms with Crippen LogP contribution in [0.4, 0.5) is 0 Å². The highest BCUT2D eigenvalue weighted by Crippen LogP contribution is 2.18. The summed E-state index contributed by atoms with van der Waals surface area (Å²) < 4.78 is 17.0. The minimum absolute atomic E-state index is 0.0749. The lowest BCUT2D eigenvalue weighted by Crippen LogP contribution is -2.30. The molecule has 0 aliphatic carbocycles. The van der Waals surface area contributed by atoms with Gasteiger partial charge in [-0.3, -0.25) is 14.4 Å². The minimum atomic E-state index is -0.781. The molecule has 6 heteroatoms. The monoisotopic (exact) mass is 1160 g/mol. The number of carbonyl (C=O) groups is 3. The molecular weight excluding hydrogens is 1020 g/mol. The molecule has 0 radical (unpaired) electrons. The molecule has 0 fully saturated rings. The second-order valence-corrected chi connectivity index (χ2v) is 24.8. The van der Waals surface area contributed by atoms with Crippen molar-refractivity contribution in [1.82, 2.24) is 0 Å². The molecule has 83 heavy (non-hydrogen) atoms. The molecule has 0 N–H and O–H groups in total. The molecule has 0 rings (SSSR count). The first-order valence-corrected chi connectivity index (χ1v) is 36.8. The second kappa shape index (κ2) is 71.6. The van der Waals surface area contributed by atoms with E-state index < -0.39 is 6.10 Å². The normalized spacial score (nSPS) is 12.4. The molecule has 0 spiro atoms. The Morgan fingerprint density at radius 3 is 0.675 bits per heavy atom. The van der Waals surface area contributed by atoms with Gasteiger partial charge in [0.2, 0.25) is 0 Å². The number of ether oxygens (including phenoxy) is 3. The van der Waals surface area contributed by atoms with E-state index in [9.17, 15) is 14.4 Å². The second-order valence-electron chi connectivity index (χ2n) is 24.8. The van der Waals surface area contributed by atoms with Crippen LogP contribution in [0.2, 0.25) is 0 Å². The molecule has 1 atom stereocenters. The van der Waals surface area contributed by atoms with Gasteiger partial charge in [0.15, 0.2) is 6.10 Å². The van der Waals surface area contributed by atoms with Gasteiger partial charge in [0.05, 0.1) is 0 Å². The Bertz CT molecular complexity index is 1470. The van der Waals surface area contributed by atoms with Crippen LogP contribution in [0.15, 0.2) is 60.8 Å². The summed E-state index contributed by atoms with van der Waals surface area (Å²) in [5, 5.41) is 0. The Morgan fingerprint density at radius 2 is 0.434 bits per heavy atom. The summed E-state index contributed by atoms with van der Waals surface area (Å²) in [5.74, 6) is -0.859. The molecule has 1 unspecified atom stereocenters. The third-order valence-corrected chi connectivity index (χ3v) is 16.5. The molecule has 0 amide bonds. The van der Waals surface area contributed by atoms with Crippen LogP contribution in [-0.4, -0.2) is 37.2 Å². The summed E-state index contributed by atoms with van der Waals surface area (Å²) in [6.45, 7) is 6.68. The van der Waals surface area contributed by atoms with E-state index in [0.29, 0.717) is 19.3 Å². The zero-order chi connectivity index (χ0) is 59.9. The van der Waals surface area contributed by atoms with Gasteiger partial charge < -0.3 is 14.2 Å². The summed E-state index contributed by atoms with van der Waals surface area (Å²) in [5.41, 5.74) is 0. The smallest absolute Gasteiger partial charge is 0.306 e. The number of esters is 3. The molecule has 0 saturated carbocycles. The number of carbonyl (C=O) groups excluding carboxylic acids is 3. The van der Waals surface area contributed by atoms with Crippen LogP contribution in [-0.2, 0) is 28.6 Å². The molecule has 0 aromatic rings. The van der Waals surface area contributed by atoms with Crippen LogP contribution in [0.3, 0.4) is 0 Å². The molecule has 0 heterocycles. The SMILES string of the molecule is CCCCCCC/C=C\C/C=C\CCCCCCCCCCCC(=O)OCC(COC(=O)CCCCCCCCCCCCC/C=C\CCCCCCCCCC)OC(=O)CCCCCCCCCCC/C=C\C/C=C\CCCCCCC. The summed E-state index contributed by atoms with van der Waals surface area (Å²) in [6.07, 6.45) is 92.4. The van der Waals surface area contributed by atoms with Crippen molar-refractivity contribution in [3.8, 4) is 0 Å². The van der Waals surface area contributed by atoms with E-state index in [1.807, 2.05) is 0 Å². The van der Waals surface area contributed by atoms with Gasteiger partial charge >= 0.3 is 17.9 Å². The Balaban J connectivity index is 4.35. The predicted molar refractivity (Wildman–Crippen MR) is 362 cm³/mol. The van der Waals surface area contributed by atoms with E-state index >= 15 is 0 Å². The van der Waals surface area contributed by atoms with E-state index in [4.69, 9.17) is 14.2 Å². The first kappa shape index (κ1) is 80.1. The van der Waals surface area contributed by atoms with Crippen LogP contribution in [0.25, 0.3) is 0 Å². The molecule has 0 aliphatic heterocycles. The van der Waals surface area contributed by atoms with Crippen molar-refractivity contribution >= 4 is 17.9 Å². The Hall–Kier alpha value is -2.89. The lowest BCUT2D eigenvalue weighted by Gasteiger charge is -2.18. The Kier molecular flexibility index (Phi) is 69.1. The molecule has 0 saturated heterocycles. The fraction of sp³-hybridized carbons (Fsp3) is 0.831. The van der Waals surface area contributed by atoms with Gasteiger partial charge in [-0.25, -0.2) is 0 Å². The Labute approximate surface area is 517 Å². The maximum Gasteiger partial charge on any atom is 0.306 e. The Morgan fingerprint density at radius 1 is 0.241 bits per heavy atom. The molecule has 484 valence electrons. The minimum Gasteiger partial charge on any atom is -0.462 e. The standard InChI is InChI=1S/C77H140O6/c1-4-7-10-13-16-19-22-25-28-31-34-37-38-41-43-46-49-52-55-58-61-64-67-70-76(79)82-73-74(83-77(80)71-68-65-62-59-56-53-50-47-44-40-36-33-30-27-24-21-18-15-12-9-6-3)72-81-75(78)69-66-63-60-57-54-51-48-45-42-39-35-32-29-26-23-20-17-14-11-8-5-2/h23-24,26-27,31-36,74H,4-22,25,28-30,37-73H2,1-3H3/b26-23-,27-24-,34-31-,35-32-,36-33-. The van der Waals surface area contributed by atoms with Crippen molar-refractivity contribution in [3.05, 3.63) is 60.8 Å². The summed E-state index contributed by atoms with van der Waals surface area (Å²) in [4.78, 5) is 38.6.